The topological polar surface area (TPSA) is 55.4 Å². The van der Waals surface area contributed by atoms with Crippen LogP contribution >= 0.6 is 17.2 Å². The number of alkyl carbamates (subject to hydrolysis) is 1. The number of unbranched alkanes of at least 4 members (excludes halogenated alkanes) is 3. The Balaban J connectivity index is 5.09. The van der Waals surface area contributed by atoms with Crippen LogP contribution in [0.25, 0.3) is 0 Å². The first kappa shape index (κ1) is 23.4. The number of carbonyl (C=O) groups is 2. The number of amides is 2. The van der Waals surface area contributed by atoms with E-state index in [1.165, 1.54) is 0 Å². The van der Waals surface area contributed by atoms with Gasteiger partial charge in [-0.2, -0.15) is 0 Å². The third kappa shape index (κ3) is 8.48. The van der Waals surface area contributed by atoms with E-state index in [-0.39, 0.29) is 11.9 Å². The number of nitrogens with one attached hydrogen (secondary N) is 1. The Morgan fingerprint density at radius 2 is 1.42 bits per heavy atom. The molecular formula is C18H35ClNO3P. The summed E-state index contributed by atoms with van der Waals surface area (Å²) < 4.78 is 5.44. The molecule has 4 nitrogen and oxygen atoms in total. The second-order valence-electron chi connectivity index (χ2n) is 6.85. The molecule has 0 bridgehead atoms. The summed E-state index contributed by atoms with van der Waals surface area (Å²) in [6.45, 7) is 11.5. The average Bonchev–Trinajstić information content (AvgIpc) is 2.55. The van der Waals surface area contributed by atoms with Gasteiger partial charge in [0.1, 0.15) is 0 Å². The van der Waals surface area contributed by atoms with E-state index in [2.05, 4.69) is 32.7 Å². The second kappa shape index (κ2) is 11.1. The van der Waals surface area contributed by atoms with E-state index in [9.17, 15) is 9.59 Å². The van der Waals surface area contributed by atoms with Gasteiger partial charge in [0, 0.05) is 0 Å². The molecule has 0 aliphatic carbocycles. The SMILES string of the molecule is C=C(C)C(=O)NC(=O)OCP(Cl)(CCCC)(CCCC)CCCC. The molecule has 0 aliphatic heterocycles. The van der Waals surface area contributed by atoms with Gasteiger partial charge in [-0.15, -0.1) is 0 Å². The molecule has 0 saturated heterocycles. The van der Waals surface area contributed by atoms with Crippen LogP contribution < -0.4 is 5.32 Å². The third-order valence-electron chi connectivity index (χ3n) is 4.33. The summed E-state index contributed by atoms with van der Waals surface area (Å²) in [4.78, 5) is 23.5. The summed E-state index contributed by atoms with van der Waals surface area (Å²) in [7, 11) is 0. The number of ether oxygens (including phenoxy) is 1. The Labute approximate surface area is 152 Å². The molecule has 0 radical (unpaired) electrons. The van der Waals surface area contributed by atoms with E-state index in [0.717, 1.165) is 57.0 Å². The molecule has 0 aromatic heterocycles. The normalized spacial score (nSPS) is 13.0. The van der Waals surface area contributed by atoms with E-state index in [1.54, 1.807) is 6.92 Å². The van der Waals surface area contributed by atoms with E-state index < -0.39 is 18.0 Å². The minimum atomic E-state index is -2.63. The number of hydrogen-bond donors (Lipinski definition) is 1. The molecule has 0 fully saturated rings. The van der Waals surface area contributed by atoms with Crippen molar-refractivity contribution >= 4 is 29.2 Å². The van der Waals surface area contributed by atoms with Gasteiger partial charge in [0.25, 0.3) is 0 Å². The van der Waals surface area contributed by atoms with Gasteiger partial charge in [-0.1, -0.05) is 0 Å². The second-order valence-corrected chi connectivity index (χ2v) is 15.0. The summed E-state index contributed by atoms with van der Waals surface area (Å²) in [6.07, 6.45) is 8.70. The first-order valence-corrected chi connectivity index (χ1v) is 12.9. The van der Waals surface area contributed by atoms with Crippen molar-refractivity contribution in [3.8, 4) is 0 Å². The number of hydrogen-bond acceptors (Lipinski definition) is 3. The van der Waals surface area contributed by atoms with E-state index in [0.29, 0.717) is 0 Å². The summed E-state index contributed by atoms with van der Waals surface area (Å²) in [6, 6.07) is 0. The Hall–Kier alpha value is -0.600. The molecule has 0 rings (SSSR count). The van der Waals surface area contributed by atoms with Gasteiger partial charge in [0.2, 0.25) is 0 Å². The molecule has 0 aromatic rings. The van der Waals surface area contributed by atoms with Gasteiger partial charge in [0.15, 0.2) is 0 Å². The third-order valence-corrected chi connectivity index (χ3v) is 11.2. The first-order valence-electron chi connectivity index (χ1n) is 9.06. The predicted molar refractivity (Wildman–Crippen MR) is 106 cm³/mol. The van der Waals surface area contributed by atoms with Gasteiger partial charge in [0.05, 0.1) is 0 Å². The molecule has 142 valence electrons. The van der Waals surface area contributed by atoms with Gasteiger partial charge < -0.3 is 0 Å². The zero-order valence-corrected chi connectivity index (χ0v) is 17.5. The quantitative estimate of drug-likeness (QED) is 0.340. The van der Waals surface area contributed by atoms with Crippen LogP contribution in [0.3, 0.4) is 0 Å². The van der Waals surface area contributed by atoms with Crippen molar-refractivity contribution in [3.63, 3.8) is 0 Å². The fourth-order valence-electron chi connectivity index (χ4n) is 2.64. The Morgan fingerprint density at radius 3 is 1.75 bits per heavy atom. The molecule has 0 heterocycles. The number of carbonyl (C=O) groups excluding carboxylic acids is 2. The Kier molecular flexibility index (Phi) is 10.8. The van der Waals surface area contributed by atoms with Crippen LogP contribution in [0.2, 0.25) is 0 Å². The van der Waals surface area contributed by atoms with Crippen LogP contribution in [0.15, 0.2) is 12.2 Å². The maximum atomic E-state index is 11.9. The summed E-state index contributed by atoms with van der Waals surface area (Å²) in [5, 5.41) is 2.20. The summed E-state index contributed by atoms with van der Waals surface area (Å²) in [5.41, 5.74) is 0.276. The van der Waals surface area contributed by atoms with E-state index >= 15 is 0 Å². The molecule has 0 saturated carbocycles. The van der Waals surface area contributed by atoms with Crippen LogP contribution in [0, 0.1) is 0 Å². The monoisotopic (exact) mass is 379 g/mol. The van der Waals surface area contributed by atoms with Gasteiger partial charge in [-0.25, -0.2) is 0 Å². The summed E-state index contributed by atoms with van der Waals surface area (Å²) >= 11 is 7.30. The zero-order valence-electron chi connectivity index (χ0n) is 15.8. The minimum absolute atomic E-state index is 0.252. The molecule has 0 unspecified atom stereocenters. The van der Waals surface area contributed by atoms with Gasteiger partial charge >= 0.3 is 152 Å². The van der Waals surface area contributed by atoms with Crippen molar-refractivity contribution < 1.29 is 14.3 Å². The number of imide groups is 1. The van der Waals surface area contributed by atoms with Crippen LogP contribution in [0.5, 0.6) is 0 Å². The maximum absolute atomic E-state index is 11.9. The van der Waals surface area contributed by atoms with Crippen LogP contribution in [0.1, 0.15) is 66.2 Å². The van der Waals surface area contributed by atoms with E-state index in [4.69, 9.17) is 16.0 Å². The van der Waals surface area contributed by atoms with E-state index in [1.807, 2.05) is 0 Å². The average molecular weight is 380 g/mol. The standard InChI is InChI=1S/C18H35ClNO3P/c1-6-9-12-24(19,13-10-7-2,14-11-8-3)15-23-18(22)20-17(21)16(4)5/h4,6-15H2,1-3,5H3,(H,20,21,22). The van der Waals surface area contributed by atoms with Crippen molar-refractivity contribution in [2.24, 2.45) is 0 Å². The molecule has 2 amide bonds. The fraction of sp³-hybridized carbons (Fsp3) is 0.778. The van der Waals surface area contributed by atoms with Gasteiger partial charge in [-0.3, -0.25) is 0 Å². The molecule has 0 aliphatic rings. The van der Waals surface area contributed by atoms with Crippen LogP contribution in [-0.4, -0.2) is 36.8 Å². The van der Waals surface area contributed by atoms with Crippen molar-refractivity contribution in [2.45, 2.75) is 66.2 Å². The molecule has 6 heteroatoms. The molecular weight excluding hydrogens is 345 g/mol. The van der Waals surface area contributed by atoms with Crippen molar-refractivity contribution in [1.29, 1.82) is 0 Å². The molecule has 0 spiro atoms. The molecule has 1 N–H and O–H groups in total. The Morgan fingerprint density at radius 1 is 1.00 bits per heavy atom. The van der Waals surface area contributed by atoms with Crippen molar-refractivity contribution in [2.75, 3.05) is 24.8 Å². The zero-order chi connectivity index (χ0) is 18.7. The number of rotatable bonds is 12. The molecule has 24 heavy (non-hydrogen) atoms. The molecule has 0 aromatic carbocycles. The molecule has 0 atom stereocenters. The Bertz CT molecular complexity index is 415. The van der Waals surface area contributed by atoms with Crippen LogP contribution in [0.4, 0.5) is 4.79 Å². The van der Waals surface area contributed by atoms with Crippen LogP contribution in [-0.2, 0) is 9.53 Å². The van der Waals surface area contributed by atoms with Crippen molar-refractivity contribution in [1.82, 2.24) is 5.32 Å². The first-order chi connectivity index (χ1) is 11.2. The number of halogens is 1. The van der Waals surface area contributed by atoms with Crippen molar-refractivity contribution in [3.05, 3.63) is 12.2 Å². The summed E-state index contributed by atoms with van der Waals surface area (Å²) in [5.74, 6) is -3.14. The van der Waals surface area contributed by atoms with Gasteiger partial charge in [-0.05, 0) is 0 Å². The predicted octanol–water partition coefficient (Wildman–Crippen LogP) is 5.88. The fourth-order valence-corrected chi connectivity index (χ4v) is 8.68.